The second-order valence-electron chi connectivity index (χ2n) is 6.20. The van der Waals surface area contributed by atoms with E-state index in [0.29, 0.717) is 0 Å². The number of H-pyrrole nitrogens is 1. The predicted octanol–water partition coefficient (Wildman–Crippen LogP) is -1.21. The third kappa shape index (κ3) is 4.01. The first-order chi connectivity index (χ1) is 12.8. The highest BCUT2D eigenvalue weighted by Crippen LogP contribution is 2.35. The number of hydrogen-bond acceptors (Lipinski definition) is 10. The van der Waals surface area contributed by atoms with Crippen molar-refractivity contribution in [3.63, 3.8) is 0 Å². The Morgan fingerprint density at radius 1 is 1.59 bits per heavy atom. The normalized spacial score (nSPS) is 23.1. The molecule has 0 spiro atoms. The molecule has 0 saturated carbocycles. The van der Waals surface area contributed by atoms with E-state index < -0.39 is 32.2 Å². The number of carbonyl (C=O) groups excluding carboxylic acids is 1. The number of aliphatic hydroxyl groups excluding tert-OH is 1. The first-order valence-corrected chi connectivity index (χ1v) is 9.13. The summed E-state index contributed by atoms with van der Waals surface area (Å²) in [5.74, 6) is -0.818. The van der Waals surface area contributed by atoms with Gasteiger partial charge in [-0.15, -0.1) is 9.62 Å². The van der Waals surface area contributed by atoms with Crippen molar-refractivity contribution in [1.82, 2.24) is 25.0 Å². The fourth-order valence-corrected chi connectivity index (χ4v) is 3.00. The van der Waals surface area contributed by atoms with Crippen LogP contribution < -0.4 is 15.8 Å². The zero-order chi connectivity index (χ0) is 19.7. The Morgan fingerprint density at radius 2 is 2.33 bits per heavy atom. The molecule has 0 bridgehead atoms. The maximum Gasteiger partial charge on any atom is 0.488 e. The summed E-state index contributed by atoms with van der Waals surface area (Å²) in [5, 5.41) is 19.3. The summed E-state index contributed by atoms with van der Waals surface area (Å²) < 4.78 is 22.4. The van der Waals surface area contributed by atoms with Gasteiger partial charge in [0, 0.05) is 12.3 Å². The van der Waals surface area contributed by atoms with Gasteiger partial charge in [-0.2, -0.15) is 9.67 Å². The van der Waals surface area contributed by atoms with E-state index in [2.05, 4.69) is 25.6 Å². The number of hydrogen-bond donors (Lipinski definition) is 3. The number of nitrogens with zero attached hydrogens (tertiary/aromatic N) is 4. The minimum Gasteiger partial charge on any atom is -0.566 e. The van der Waals surface area contributed by atoms with Crippen molar-refractivity contribution < 1.29 is 28.6 Å². The maximum absolute atomic E-state index is 12.2. The fourth-order valence-electron chi connectivity index (χ4n) is 2.59. The molecule has 4 atom stereocenters. The molecular weight excluding hydrogens is 383 g/mol. The Balaban J connectivity index is 2.01. The Bertz CT molecular complexity index is 928. The largest absolute Gasteiger partial charge is 0.566 e. The van der Waals surface area contributed by atoms with Gasteiger partial charge in [-0.05, 0) is 4.57 Å². The molecule has 14 heteroatoms. The Hall–Kier alpha value is -2.31. The summed E-state index contributed by atoms with van der Waals surface area (Å²) in [4.78, 5) is 41.5. The molecule has 3 rings (SSSR count). The maximum atomic E-state index is 12.2. The van der Waals surface area contributed by atoms with Crippen LogP contribution in [0.1, 0.15) is 26.5 Å². The van der Waals surface area contributed by atoms with E-state index in [4.69, 9.17) is 9.26 Å². The first-order valence-electron chi connectivity index (χ1n) is 8.03. The van der Waals surface area contributed by atoms with Crippen LogP contribution in [0, 0.1) is 5.92 Å². The second kappa shape index (κ2) is 7.74. The number of aliphatic hydroxyl groups is 1. The number of anilines is 1. The van der Waals surface area contributed by atoms with Crippen molar-refractivity contribution >= 4 is 31.3 Å². The Kier molecular flexibility index (Phi) is 5.58. The van der Waals surface area contributed by atoms with Gasteiger partial charge in [0.2, 0.25) is 11.9 Å². The topological polar surface area (TPSA) is 184 Å². The van der Waals surface area contributed by atoms with Gasteiger partial charge < -0.3 is 14.7 Å². The van der Waals surface area contributed by atoms with E-state index in [1.54, 1.807) is 13.8 Å². The quantitative estimate of drug-likeness (QED) is 0.497. The lowest BCUT2D eigenvalue weighted by Gasteiger charge is -2.15. The molecule has 146 valence electrons. The number of carbonyl (C=O) groups is 1. The number of nitrogens with one attached hydrogen (secondary N) is 2. The number of aromatic amines is 1. The van der Waals surface area contributed by atoms with Crippen LogP contribution in [0.15, 0.2) is 4.79 Å². The summed E-state index contributed by atoms with van der Waals surface area (Å²) >= 11 is 0. The van der Waals surface area contributed by atoms with Crippen LogP contribution in [0.2, 0.25) is 0 Å². The number of amides is 1. The highest BCUT2D eigenvalue weighted by atomic mass is 31.1. The van der Waals surface area contributed by atoms with Gasteiger partial charge in [0.25, 0.3) is 5.56 Å². The first kappa shape index (κ1) is 19.5. The van der Waals surface area contributed by atoms with E-state index in [1.165, 1.54) is 0 Å². The number of rotatable bonds is 6. The zero-order valence-electron chi connectivity index (χ0n) is 14.4. The van der Waals surface area contributed by atoms with Gasteiger partial charge in [-0.3, -0.25) is 19.9 Å². The van der Waals surface area contributed by atoms with Crippen molar-refractivity contribution in [2.24, 2.45) is 5.92 Å². The Labute approximate surface area is 152 Å². The summed E-state index contributed by atoms with van der Waals surface area (Å²) in [7, 11) is -3.18. The van der Waals surface area contributed by atoms with Crippen LogP contribution in [0.25, 0.3) is 11.2 Å². The lowest BCUT2D eigenvalue weighted by molar-refractivity contribution is -0.192. The van der Waals surface area contributed by atoms with Gasteiger partial charge in [-0.1, -0.05) is 19.1 Å². The second-order valence-corrected chi connectivity index (χ2v) is 6.86. The van der Waals surface area contributed by atoms with Gasteiger partial charge in [-0.25, -0.2) is 0 Å². The van der Waals surface area contributed by atoms with Crippen LogP contribution in [0.4, 0.5) is 5.95 Å². The number of fused-ring (bicyclic) bond motifs is 1. The van der Waals surface area contributed by atoms with E-state index >= 15 is 0 Å². The molecule has 1 unspecified atom stereocenters. The molecule has 1 aliphatic rings. The molecule has 1 fully saturated rings. The van der Waals surface area contributed by atoms with Crippen molar-refractivity contribution in [3.05, 3.63) is 10.4 Å². The average Bonchev–Trinajstić information content (AvgIpc) is 3.18. The number of aromatic nitrogens is 5. The molecule has 1 saturated heterocycles. The lowest BCUT2D eigenvalue weighted by atomic mass is 10.2. The van der Waals surface area contributed by atoms with Crippen LogP contribution in [0.5, 0.6) is 0 Å². The third-order valence-electron chi connectivity index (χ3n) is 3.91. The summed E-state index contributed by atoms with van der Waals surface area (Å²) in [6.45, 7) is 2.98. The number of ether oxygens (including phenoxy) is 1. The van der Waals surface area contributed by atoms with Crippen LogP contribution >= 0.6 is 8.25 Å². The van der Waals surface area contributed by atoms with Gasteiger partial charge in [0.15, 0.2) is 23.5 Å². The summed E-state index contributed by atoms with van der Waals surface area (Å²) in [6.07, 6.45) is -2.66. The highest BCUT2D eigenvalue weighted by Gasteiger charge is 2.42. The molecule has 2 aromatic rings. The van der Waals surface area contributed by atoms with Crippen LogP contribution in [0.3, 0.4) is 0 Å². The lowest BCUT2D eigenvalue weighted by Crippen LogP contribution is -2.25. The third-order valence-corrected chi connectivity index (χ3v) is 4.35. The van der Waals surface area contributed by atoms with Gasteiger partial charge in [0.1, 0.15) is 0 Å². The molecule has 3 N–H and O–H groups in total. The molecule has 0 radical (unpaired) electrons. The van der Waals surface area contributed by atoms with Crippen molar-refractivity contribution in [3.8, 4) is 0 Å². The van der Waals surface area contributed by atoms with Gasteiger partial charge in [0.05, 0.1) is 12.7 Å². The zero-order valence-corrected chi connectivity index (χ0v) is 15.3. The van der Waals surface area contributed by atoms with Crippen LogP contribution in [-0.2, 0) is 18.6 Å². The van der Waals surface area contributed by atoms with Crippen molar-refractivity contribution in [2.75, 3.05) is 11.9 Å². The molecule has 3 heterocycles. The van der Waals surface area contributed by atoms with Crippen molar-refractivity contribution in [2.45, 2.75) is 38.7 Å². The molecule has 0 aliphatic carbocycles. The molecule has 1 aliphatic heterocycles. The molecule has 0 aromatic carbocycles. The van der Waals surface area contributed by atoms with Gasteiger partial charge >= 0.3 is 8.25 Å². The Morgan fingerprint density at radius 3 is 2.96 bits per heavy atom. The monoisotopic (exact) mass is 400 g/mol. The van der Waals surface area contributed by atoms with Crippen LogP contribution in [-0.4, -0.2) is 54.8 Å². The highest BCUT2D eigenvalue weighted by molar-refractivity contribution is 7.30. The summed E-state index contributed by atoms with van der Waals surface area (Å²) in [5.41, 5.74) is -0.802. The van der Waals surface area contributed by atoms with E-state index in [1.807, 2.05) is 0 Å². The minimum atomic E-state index is -3.18. The molecular formula is C13H17N6O7P. The summed E-state index contributed by atoms with van der Waals surface area (Å²) in [6, 6.07) is 0. The minimum absolute atomic E-state index is 0.0314. The van der Waals surface area contributed by atoms with Crippen molar-refractivity contribution in [1.29, 1.82) is 0 Å². The fraction of sp³-hybridized carbons (Fsp3) is 0.615. The average molecular weight is 400 g/mol. The molecule has 27 heavy (non-hydrogen) atoms. The SMILES string of the molecule is CC(C)C(=O)Nc1nc2c(nnn2[C@@H]2O[C@H](CO)C[C@@H]2O[P+](=O)[O-])c(=O)[nH]1. The predicted molar refractivity (Wildman–Crippen MR) is 87.5 cm³/mol. The van der Waals surface area contributed by atoms with E-state index in [9.17, 15) is 24.2 Å². The molecule has 13 nitrogen and oxygen atoms in total. The molecule has 1 amide bonds. The smallest absolute Gasteiger partial charge is 0.488 e. The molecule has 2 aromatic heterocycles. The van der Waals surface area contributed by atoms with E-state index in [-0.39, 0.29) is 42.0 Å². The standard InChI is InChI=1S/C13H17N6O7P/c1-5(2)10(21)15-13-14-9-8(11(22)16-13)17-18-19(9)12-7(26-27(23)24)3-6(4-20)25-12/h5-7,12,20H,3-4H2,1-2H3,(H2,14,15,16,21,22)/t6-,7-,12+/m0/s1. The van der Waals surface area contributed by atoms with E-state index in [0.717, 1.165) is 4.68 Å².